The predicted octanol–water partition coefficient (Wildman–Crippen LogP) is 6.64. The molecule has 0 heterocycles. The molecule has 3 aromatic rings. The summed E-state index contributed by atoms with van der Waals surface area (Å²) in [4.78, 5) is 0. The SMILES string of the molecule is CC(C)[C@H](O)CC(=C=CC[C@@H](O)c1cc(Br)ccc1O)CO[Si](c1ccccc1)(c1ccccc1)C(C)(C)C. The Morgan fingerprint density at radius 1 is 0.949 bits per heavy atom. The first-order chi connectivity index (χ1) is 18.5. The second-order valence-electron chi connectivity index (χ2n) is 11.4. The van der Waals surface area contributed by atoms with Crippen molar-refractivity contribution in [2.45, 2.75) is 64.7 Å². The zero-order valence-electron chi connectivity index (χ0n) is 23.6. The number of rotatable bonds is 11. The highest BCUT2D eigenvalue weighted by Crippen LogP contribution is 2.37. The number of phenols is 1. The lowest BCUT2D eigenvalue weighted by Crippen LogP contribution is -2.66. The second kappa shape index (κ2) is 13.8. The van der Waals surface area contributed by atoms with Crippen LogP contribution in [0.3, 0.4) is 0 Å². The van der Waals surface area contributed by atoms with Gasteiger partial charge in [-0.05, 0) is 51.2 Å². The second-order valence-corrected chi connectivity index (χ2v) is 16.6. The van der Waals surface area contributed by atoms with Crippen molar-refractivity contribution in [3.8, 4) is 5.75 Å². The third-order valence-corrected chi connectivity index (χ3v) is 12.6. The maximum Gasteiger partial charge on any atom is 0.261 e. The molecule has 0 saturated carbocycles. The third-order valence-electron chi connectivity index (χ3n) is 7.10. The van der Waals surface area contributed by atoms with Gasteiger partial charge in [-0.25, -0.2) is 0 Å². The Morgan fingerprint density at radius 2 is 1.51 bits per heavy atom. The molecule has 0 unspecified atom stereocenters. The average Bonchev–Trinajstić information content (AvgIpc) is 2.90. The highest BCUT2D eigenvalue weighted by molar-refractivity contribution is 9.10. The van der Waals surface area contributed by atoms with Gasteiger partial charge in [-0.1, -0.05) is 111 Å². The summed E-state index contributed by atoms with van der Waals surface area (Å²) in [5.74, 6) is 0.132. The lowest BCUT2D eigenvalue weighted by Gasteiger charge is -2.43. The zero-order chi connectivity index (χ0) is 28.6. The molecule has 0 bridgehead atoms. The summed E-state index contributed by atoms with van der Waals surface area (Å²) in [6, 6.07) is 25.9. The molecule has 3 N–H and O–H groups in total. The van der Waals surface area contributed by atoms with E-state index in [1.54, 1.807) is 24.3 Å². The van der Waals surface area contributed by atoms with Gasteiger partial charge in [0.2, 0.25) is 0 Å². The minimum Gasteiger partial charge on any atom is -0.508 e. The highest BCUT2D eigenvalue weighted by atomic mass is 79.9. The van der Waals surface area contributed by atoms with Gasteiger partial charge >= 0.3 is 0 Å². The van der Waals surface area contributed by atoms with Crippen molar-refractivity contribution in [3.05, 3.63) is 106 Å². The summed E-state index contributed by atoms with van der Waals surface area (Å²) in [5.41, 5.74) is 4.64. The summed E-state index contributed by atoms with van der Waals surface area (Å²) >= 11 is 3.40. The fourth-order valence-electron chi connectivity index (χ4n) is 4.84. The van der Waals surface area contributed by atoms with Crippen LogP contribution in [0.1, 0.15) is 59.1 Å². The van der Waals surface area contributed by atoms with E-state index in [1.807, 2.05) is 26.0 Å². The molecule has 2 atom stereocenters. The molecule has 0 saturated heterocycles. The third kappa shape index (κ3) is 7.82. The molecule has 0 fully saturated rings. The number of aliphatic hydroxyl groups excluding tert-OH is 2. The van der Waals surface area contributed by atoms with Crippen molar-refractivity contribution < 1.29 is 19.7 Å². The van der Waals surface area contributed by atoms with Gasteiger partial charge in [-0.2, -0.15) is 0 Å². The van der Waals surface area contributed by atoms with Crippen LogP contribution in [0.25, 0.3) is 0 Å². The number of phenolic OH excluding ortho intramolecular Hbond substituents is 1. The molecule has 0 aliphatic heterocycles. The maximum absolute atomic E-state index is 10.8. The molecule has 4 nitrogen and oxygen atoms in total. The van der Waals surface area contributed by atoms with E-state index >= 15 is 0 Å². The number of halogens is 1. The molecular formula is C33H41BrO4Si. The molecule has 0 aliphatic carbocycles. The van der Waals surface area contributed by atoms with Crippen LogP contribution < -0.4 is 10.4 Å². The molecule has 0 spiro atoms. The number of benzene rings is 3. The molecule has 0 amide bonds. The number of hydrogen-bond acceptors (Lipinski definition) is 4. The van der Waals surface area contributed by atoms with Crippen LogP contribution in [0.4, 0.5) is 0 Å². The van der Waals surface area contributed by atoms with Crippen LogP contribution in [0.2, 0.25) is 5.04 Å². The van der Waals surface area contributed by atoms with Gasteiger partial charge in [0, 0.05) is 22.9 Å². The highest BCUT2D eigenvalue weighted by Gasteiger charge is 2.50. The molecular weight excluding hydrogens is 568 g/mol. The summed E-state index contributed by atoms with van der Waals surface area (Å²) < 4.78 is 7.87. The monoisotopic (exact) mass is 608 g/mol. The van der Waals surface area contributed by atoms with Crippen LogP contribution in [-0.2, 0) is 4.43 Å². The largest absolute Gasteiger partial charge is 0.508 e. The minimum atomic E-state index is -2.76. The van der Waals surface area contributed by atoms with Crippen molar-refractivity contribution in [2.75, 3.05) is 6.61 Å². The van der Waals surface area contributed by atoms with Crippen molar-refractivity contribution in [3.63, 3.8) is 0 Å². The quantitative estimate of drug-likeness (QED) is 0.168. The molecule has 6 heteroatoms. The van der Waals surface area contributed by atoms with E-state index in [4.69, 9.17) is 4.43 Å². The Hall–Kier alpha value is -2.44. The topological polar surface area (TPSA) is 69.9 Å². The van der Waals surface area contributed by atoms with Crippen LogP contribution in [0.5, 0.6) is 5.75 Å². The summed E-state index contributed by atoms with van der Waals surface area (Å²) in [6.45, 7) is 11.0. The lowest BCUT2D eigenvalue weighted by atomic mass is 9.99. The average molecular weight is 610 g/mol. The first-order valence-corrected chi connectivity index (χ1v) is 16.2. The minimum absolute atomic E-state index is 0.0496. The van der Waals surface area contributed by atoms with Crippen molar-refractivity contribution in [2.24, 2.45) is 5.92 Å². The Balaban J connectivity index is 2.00. The smallest absolute Gasteiger partial charge is 0.261 e. The maximum atomic E-state index is 10.8. The fraction of sp³-hybridized carbons (Fsp3) is 0.364. The van der Waals surface area contributed by atoms with Crippen molar-refractivity contribution in [1.82, 2.24) is 0 Å². The molecule has 3 rings (SSSR count). The Bertz CT molecular complexity index is 1220. The van der Waals surface area contributed by atoms with Gasteiger partial charge in [0.05, 0.1) is 18.8 Å². The predicted molar refractivity (Wildman–Crippen MR) is 166 cm³/mol. The van der Waals surface area contributed by atoms with Crippen LogP contribution in [0.15, 0.2) is 101 Å². The number of hydrogen-bond donors (Lipinski definition) is 3. The Kier molecular flexibility index (Phi) is 11.0. The number of aromatic hydroxyl groups is 1. The number of aliphatic hydroxyl groups is 2. The van der Waals surface area contributed by atoms with Gasteiger partial charge in [-0.3, -0.25) is 0 Å². The van der Waals surface area contributed by atoms with Crippen LogP contribution in [0, 0.1) is 5.92 Å². The molecule has 0 radical (unpaired) electrons. The van der Waals surface area contributed by atoms with Gasteiger partial charge in [0.15, 0.2) is 0 Å². The standard InChI is InChI=1S/C33H41BrO4Si/c1-24(2)32(37)21-25(13-12-18-30(35)29-22-26(34)19-20-31(29)36)23-38-39(33(3,4)5,27-14-8-6-9-15-27)28-16-10-7-11-17-28/h6-12,14-17,19-20,22,24,30,32,35-37H,18,21,23H2,1-5H3/t13?,30-,32-/m1/s1. The molecule has 0 aliphatic rings. The summed E-state index contributed by atoms with van der Waals surface area (Å²) in [6.07, 6.45) is 1.04. The van der Waals surface area contributed by atoms with E-state index in [9.17, 15) is 15.3 Å². The van der Waals surface area contributed by atoms with E-state index in [1.165, 1.54) is 10.4 Å². The summed E-state index contributed by atoms with van der Waals surface area (Å²) in [7, 11) is -2.76. The van der Waals surface area contributed by atoms with Crippen molar-refractivity contribution in [1.29, 1.82) is 0 Å². The van der Waals surface area contributed by atoms with Crippen LogP contribution >= 0.6 is 15.9 Å². The molecule has 208 valence electrons. The van der Waals surface area contributed by atoms with Crippen LogP contribution in [-0.4, -0.2) is 36.3 Å². The van der Waals surface area contributed by atoms with E-state index in [-0.39, 0.29) is 23.1 Å². The van der Waals surface area contributed by atoms with Gasteiger partial charge in [0.1, 0.15) is 5.75 Å². The lowest BCUT2D eigenvalue weighted by molar-refractivity contribution is 0.122. The first-order valence-electron chi connectivity index (χ1n) is 13.5. The van der Waals surface area contributed by atoms with E-state index in [2.05, 4.69) is 91.0 Å². The normalized spacial score (nSPS) is 13.6. The zero-order valence-corrected chi connectivity index (χ0v) is 26.2. The molecule has 39 heavy (non-hydrogen) atoms. The Labute approximate surface area is 243 Å². The van der Waals surface area contributed by atoms with E-state index in [0.717, 1.165) is 10.0 Å². The fourth-order valence-corrected chi connectivity index (χ4v) is 9.76. The molecule has 3 aromatic carbocycles. The van der Waals surface area contributed by atoms with E-state index < -0.39 is 20.5 Å². The molecule has 0 aromatic heterocycles. The first kappa shape index (κ1) is 31.1. The van der Waals surface area contributed by atoms with Gasteiger partial charge < -0.3 is 19.7 Å². The summed E-state index contributed by atoms with van der Waals surface area (Å²) in [5, 5.41) is 33.9. The van der Waals surface area contributed by atoms with E-state index in [0.29, 0.717) is 18.6 Å². The van der Waals surface area contributed by atoms with Crippen molar-refractivity contribution >= 4 is 34.6 Å². The Morgan fingerprint density at radius 3 is 2.03 bits per heavy atom. The van der Waals surface area contributed by atoms with Gasteiger partial charge in [-0.15, -0.1) is 5.73 Å². The van der Waals surface area contributed by atoms with Gasteiger partial charge in [0.25, 0.3) is 8.32 Å².